The van der Waals surface area contributed by atoms with Crippen LogP contribution in [0.4, 0.5) is 0 Å². The number of methoxy groups -OCH3 is 1. The fourth-order valence-corrected chi connectivity index (χ4v) is 1.83. The van der Waals surface area contributed by atoms with Gasteiger partial charge in [0.1, 0.15) is 0 Å². The summed E-state index contributed by atoms with van der Waals surface area (Å²) in [5.41, 5.74) is 2.38. The fourth-order valence-electron chi connectivity index (χ4n) is 1.67. The lowest BCUT2D eigenvalue weighted by Crippen LogP contribution is -2.06. The summed E-state index contributed by atoms with van der Waals surface area (Å²) in [5, 5.41) is 1.31. The molecule has 0 aliphatic carbocycles. The third kappa shape index (κ3) is 1.96. The first kappa shape index (κ1) is 11.2. The maximum Gasteiger partial charge on any atom is 0.189 e. The predicted octanol–water partition coefficient (Wildman–Crippen LogP) is 2.64. The Morgan fingerprint density at radius 1 is 1.38 bits per heavy atom. The van der Waals surface area contributed by atoms with E-state index in [9.17, 15) is 4.79 Å². The molecule has 4 heteroatoms. The zero-order valence-electron chi connectivity index (χ0n) is 9.13. The van der Waals surface area contributed by atoms with Crippen LogP contribution in [-0.4, -0.2) is 12.1 Å². The average molecular weight is 238 g/mol. The summed E-state index contributed by atoms with van der Waals surface area (Å²) in [6.45, 7) is 2.26. The van der Waals surface area contributed by atoms with Gasteiger partial charge >= 0.3 is 0 Å². The number of fused-ring (bicyclic) bond motifs is 1. The van der Waals surface area contributed by atoms with E-state index in [-0.39, 0.29) is 5.43 Å². The van der Waals surface area contributed by atoms with E-state index in [1.54, 1.807) is 25.3 Å². The minimum Gasteiger partial charge on any atom is -0.378 e. The van der Waals surface area contributed by atoms with Gasteiger partial charge in [-0.2, -0.15) is 0 Å². The Kier molecular flexibility index (Phi) is 2.99. The fraction of sp³-hybridized carbons (Fsp3) is 0.250. The Morgan fingerprint density at radius 2 is 2.12 bits per heavy atom. The van der Waals surface area contributed by atoms with Crippen molar-refractivity contribution in [3.05, 3.63) is 44.7 Å². The Labute approximate surface area is 98.0 Å². The van der Waals surface area contributed by atoms with E-state index in [1.807, 2.05) is 6.92 Å². The molecule has 84 valence electrons. The number of H-pyrrole nitrogens is 1. The summed E-state index contributed by atoms with van der Waals surface area (Å²) in [6.07, 6.45) is 0. The van der Waals surface area contributed by atoms with Crippen LogP contribution < -0.4 is 5.43 Å². The van der Waals surface area contributed by atoms with Crippen LogP contribution in [0.5, 0.6) is 0 Å². The van der Waals surface area contributed by atoms with Crippen molar-refractivity contribution in [2.75, 3.05) is 7.11 Å². The molecule has 0 bridgehead atoms. The molecule has 0 fully saturated rings. The van der Waals surface area contributed by atoms with Crippen LogP contribution in [0.25, 0.3) is 10.9 Å². The second-order valence-corrected chi connectivity index (χ2v) is 4.15. The number of benzene rings is 1. The summed E-state index contributed by atoms with van der Waals surface area (Å²) in [6, 6.07) is 5.12. The van der Waals surface area contributed by atoms with Gasteiger partial charge in [0, 0.05) is 29.3 Å². The number of nitrogens with one attached hydrogen (secondary N) is 1. The zero-order valence-corrected chi connectivity index (χ0v) is 9.89. The Hall–Kier alpha value is -1.32. The maximum absolute atomic E-state index is 11.8. The SMILES string of the molecule is COCc1cc(=O)c2cc(C)c(Cl)cc2[nH]1. The lowest BCUT2D eigenvalue weighted by atomic mass is 10.1. The first-order valence-corrected chi connectivity index (χ1v) is 5.30. The molecular weight excluding hydrogens is 226 g/mol. The van der Waals surface area contributed by atoms with Crippen molar-refractivity contribution in [2.45, 2.75) is 13.5 Å². The van der Waals surface area contributed by atoms with Gasteiger partial charge in [0.25, 0.3) is 0 Å². The molecule has 0 unspecified atom stereocenters. The Balaban J connectivity index is 2.72. The van der Waals surface area contributed by atoms with Crippen molar-refractivity contribution in [2.24, 2.45) is 0 Å². The number of ether oxygens (including phenoxy) is 1. The van der Waals surface area contributed by atoms with Crippen molar-refractivity contribution in [3.8, 4) is 0 Å². The summed E-state index contributed by atoms with van der Waals surface area (Å²) in [7, 11) is 1.59. The summed E-state index contributed by atoms with van der Waals surface area (Å²) < 4.78 is 4.98. The number of aromatic nitrogens is 1. The van der Waals surface area contributed by atoms with Gasteiger partial charge in [-0.05, 0) is 24.6 Å². The van der Waals surface area contributed by atoms with Crippen molar-refractivity contribution >= 4 is 22.5 Å². The van der Waals surface area contributed by atoms with Gasteiger partial charge in [-0.25, -0.2) is 0 Å². The molecule has 1 aromatic heterocycles. The number of halogens is 1. The third-order valence-corrected chi connectivity index (χ3v) is 2.87. The Morgan fingerprint density at radius 3 is 2.81 bits per heavy atom. The third-order valence-electron chi connectivity index (χ3n) is 2.46. The molecule has 0 aliphatic heterocycles. The molecule has 0 radical (unpaired) electrons. The van der Waals surface area contributed by atoms with E-state index in [4.69, 9.17) is 16.3 Å². The van der Waals surface area contributed by atoms with Crippen LogP contribution in [-0.2, 0) is 11.3 Å². The van der Waals surface area contributed by atoms with Crippen molar-refractivity contribution in [3.63, 3.8) is 0 Å². The van der Waals surface area contributed by atoms with Gasteiger partial charge in [0.05, 0.1) is 12.1 Å². The maximum atomic E-state index is 11.8. The van der Waals surface area contributed by atoms with Gasteiger partial charge in [0.2, 0.25) is 0 Å². The zero-order chi connectivity index (χ0) is 11.7. The number of aromatic amines is 1. The standard InChI is InChI=1S/C12H12ClNO2/c1-7-3-9-11(5-10(7)13)14-8(6-16-2)4-12(9)15/h3-5H,6H2,1-2H3,(H,14,15). The minimum absolute atomic E-state index is 0.0134. The van der Waals surface area contributed by atoms with E-state index < -0.39 is 0 Å². The second-order valence-electron chi connectivity index (χ2n) is 3.74. The molecule has 0 amide bonds. The predicted molar refractivity (Wildman–Crippen MR) is 65.0 cm³/mol. The van der Waals surface area contributed by atoms with Gasteiger partial charge in [0.15, 0.2) is 5.43 Å². The number of hydrogen-bond donors (Lipinski definition) is 1. The average Bonchev–Trinajstić information content (AvgIpc) is 2.22. The topological polar surface area (TPSA) is 42.1 Å². The van der Waals surface area contributed by atoms with E-state index in [0.29, 0.717) is 17.0 Å². The highest BCUT2D eigenvalue weighted by Crippen LogP contribution is 2.20. The smallest absolute Gasteiger partial charge is 0.189 e. The highest BCUT2D eigenvalue weighted by molar-refractivity contribution is 6.32. The van der Waals surface area contributed by atoms with Gasteiger partial charge < -0.3 is 9.72 Å². The number of hydrogen-bond acceptors (Lipinski definition) is 2. The van der Waals surface area contributed by atoms with Crippen LogP contribution in [0.15, 0.2) is 23.0 Å². The quantitative estimate of drug-likeness (QED) is 0.873. The van der Waals surface area contributed by atoms with Crippen LogP contribution in [0, 0.1) is 6.92 Å². The van der Waals surface area contributed by atoms with Crippen LogP contribution in [0.3, 0.4) is 0 Å². The summed E-state index contributed by atoms with van der Waals surface area (Å²) >= 11 is 6.02. The summed E-state index contributed by atoms with van der Waals surface area (Å²) in [4.78, 5) is 14.9. The largest absolute Gasteiger partial charge is 0.378 e. The van der Waals surface area contributed by atoms with Crippen LogP contribution in [0.2, 0.25) is 5.02 Å². The molecule has 0 spiro atoms. The van der Waals surface area contributed by atoms with E-state index in [1.165, 1.54) is 0 Å². The van der Waals surface area contributed by atoms with E-state index >= 15 is 0 Å². The molecular formula is C12H12ClNO2. The highest BCUT2D eigenvalue weighted by atomic mass is 35.5. The Bertz CT molecular complexity index is 589. The molecule has 1 heterocycles. The molecule has 0 aliphatic rings. The van der Waals surface area contributed by atoms with Gasteiger partial charge in [-0.3, -0.25) is 4.79 Å². The molecule has 16 heavy (non-hydrogen) atoms. The first-order valence-electron chi connectivity index (χ1n) is 4.93. The van der Waals surface area contributed by atoms with Crippen LogP contribution >= 0.6 is 11.6 Å². The minimum atomic E-state index is -0.0134. The number of rotatable bonds is 2. The van der Waals surface area contributed by atoms with Crippen LogP contribution in [0.1, 0.15) is 11.3 Å². The first-order chi connectivity index (χ1) is 7.61. The molecule has 3 nitrogen and oxygen atoms in total. The molecule has 0 saturated heterocycles. The van der Waals surface area contributed by atoms with Gasteiger partial charge in [-0.15, -0.1) is 0 Å². The monoisotopic (exact) mass is 237 g/mol. The van der Waals surface area contributed by atoms with Crippen molar-refractivity contribution in [1.82, 2.24) is 4.98 Å². The summed E-state index contributed by atoms with van der Waals surface area (Å²) in [5.74, 6) is 0. The molecule has 1 aromatic carbocycles. The number of pyridine rings is 1. The van der Waals surface area contributed by atoms with E-state index in [0.717, 1.165) is 16.8 Å². The molecule has 2 aromatic rings. The molecule has 0 saturated carbocycles. The highest BCUT2D eigenvalue weighted by Gasteiger charge is 2.05. The lowest BCUT2D eigenvalue weighted by Gasteiger charge is -2.05. The molecule has 1 N–H and O–H groups in total. The normalized spacial score (nSPS) is 10.9. The second kappa shape index (κ2) is 4.28. The van der Waals surface area contributed by atoms with Crippen molar-refractivity contribution in [1.29, 1.82) is 0 Å². The lowest BCUT2D eigenvalue weighted by molar-refractivity contribution is 0.181. The molecule has 0 atom stereocenters. The van der Waals surface area contributed by atoms with Gasteiger partial charge in [-0.1, -0.05) is 11.6 Å². The molecule has 2 rings (SSSR count). The number of aryl methyl sites for hydroxylation is 1. The van der Waals surface area contributed by atoms with E-state index in [2.05, 4.69) is 4.98 Å². The van der Waals surface area contributed by atoms with Crippen molar-refractivity contribution < 1.29 is 4.74 Å².